The highest BCUT2D eigenvalue weighted by atomic mass is 32.2. The van der Waals surface area contributed by atoms with Gasteiger partial charge in [0, 0.05) is 29.0 Å². The smallest absolute Gasteiger partial charge is 0.255 e. The molecule has 4 rings (SSSR count). The molecule has 6 heteroatoms. The highest BCUT2D eigenvalue weighted by Crippen LogP contribution is 2.40. The van der Waals surface area contributed by atoms with Gasteiger partial charge in [0.25, 0.3) is 5.91 Å². The summed E-state index contributed by atoms with van der Waals surface area (Å²) in [6.45, 7) is 4.33. The second-order valence-electron chi connectivity index (χ2n) is 7.40. The summed E-state index contributed by atoms with van der Waals surface area (Å²) in [6.07, 6.45) is 2.44. The topological polar surface area (TPSA) is 59.8 Å². The zero-order valence-corrected chi connectivity index (χ0v) is 16.9. The fourth-order valence-corrected chi connectivity index (χ4v) is 4.05. The third-order valence-electron chi connectivity index (χ3n) is 4.74. The van der Waals surface area contributed by atoms with Crippen LogP contribution in [0.2, 0.25) is 0 Å². The molecule has 1 aliphatic rings. The van der Waals surface area contributed by atoms with Gasteiger partial charge in [0.05, 0.1) is 0 Å². The fraction of sp³-hybridized carbons (Fsp3) is 0.318. The van der Waals surface area contributed by atoms with Crippen molar-refractivity contribution >= 4 is 23.4 Å². The number of nitrogens with zero attached hydrogens (tertiary/aromatic N) is 3. The average molecular weight is 393 g/mol. The van der Waals surface area contributed by atoms with Gasteiger partial charge in [-0.25, -0.2) is 0 Å². The molecule has 0 unspecified atom stereocenters. The Morgan fingerprint density at radius 1 is 1.11 bits per heavy atom. The Bertz CT molecular complexity index is 946. The number of carbonyl (C=O) groups is 1. The molecule has 1 N–H and O–H groups in total. The number of anilines is 1. The van der Waals surface area contributed by atoms with Gasteiger partial charge in [-0.2, -0.15) is 0 Å². The molecule has 0 atom stereocenters. The first-order valence-corrected chi connectivity index (χ1v) is 10.6. The lowest BCUT2D eigenvalue weighted by Gasteiger charge is -2.10. The number of nitrogens with one attached hydrogen (secondary N) is 1. The molecule has 0 spiro atoms. The van der Waals surface area contributed by atoms with E-state index in [0.717, 1.165) is 28.0 Å². The van der Waals surface area contributed by atoms with Gasteiger partial charge in [0.1, 0.15) is 5.82 Å². The molecule has 0 aliphatic heterocycles. The van der Waals surface area contributed by atoms with Crippen molar-refractivity contribution in [1.82, 2.24) is 14.8 Å². The van der Waals surface area contributed by atoms with Gasteiger partial charge >= 0.3 is 0 Å². The minimum Gasteiger partial charge on any atom is -0.322 e. The Kier molecular flexibility index (Phi) is 5.48. The largest absolute Gasteiger partial charge is 0.322 e. The number of aromatic nitrogens is 3. The Labute approximate surface area is 169 Å². The zero-order chi connectivity index (χ0) is 19.5. The molecule has 5 nitrogen and oxygen atoms in total. The monoisotopic (exact) mass is 392 g/mol. The maximum Gasteiger partial charge on any atom is 0.255 e. The van der Waals surface area contributed by atoms with Crippen molar-refractivity contribution in [3.8, 4) is 0 Å². The van der Waals surface area contributed by atoms with Gasteiger partial charge in [-0.3, -0.25) is 4.79 Å². The van der Waals surface area contributed by atoms with Crippen molar-refractivity contribution in [2.75, 3.05) is 5.32 Å². The molecular formula is C22H24N4OS. The summed E-state index contributed by atoms with van der Waals surface area (Å²) in [7, 11) is 0. The van der Waals surface area contributed by atoms with E-state index in [-0.39, 0.29) is 5.91 Å². The molecule has 144 valence electrons. The first-order valence-electron chi connectivity index (χ1n) is 9.65. The highest BCUT2D eigenvalue weighted by Gasteiger charge is 2.30. The first kappa shape index (κ1) is 18.7. The minimum atomic E-state index is -0.0968. The predicted molar refractivity (Wildman–Crippen MR) is 113 cm³/mol. The summed E-state index contributed by atoms with van der Waals surface area (Å²) in [5.41, 5.74) is 2.62. The summed E-state index contributed by atoms with van der Waals surface area (Å²) in [5, 5.41) is 12.7. The van der Waals surface area contributed by atoms with Crippen LogP contribution in [-0.2, 0) is 5.75 Å². The van der Waals surface area contributed by atoms with Crippen LogP contribution in [0.4, 0.5) is 5.69 Å². The van der Waals surface area contributed by atoms with Crippen molar-refractivity contribution < 1.29 is 4.79 Å². The van der Waals surface area contributed by atoms with Gasteiger partial charge in [-0.05, 0) is 42.7 Å². The van der Waals surface area contributed by atoms with Crippen LogP contribution < -0.4 is 5.32 Å². The molecule has 3 aromatic rings. The van der Waals surface area contributed by atoms with Gasteiger partial charge < -0.3 is 9.88 Å². The molecule has 1 amide bonds. The number of hydrogen-bond donors (Lipinski definition) is 1. The van der Waals surface area contributed by atoms with Gasteiger partial charge in [0.2, 0.25) is 0 Å². The molecule has 1 aliphatic carbocycles. The van der Waals surface area contributed by atoms with Crippen LogP contribution in [0.5, 0.6) is 0 Å². The van der Waals surface area contributed by atoms with Gasteiger partial charge in [-0.1, -0.05) is 55.9 Å². The molecule has 0 radical (unpaired) electrons. The van der Waals surface area contributed by atoms with Crippen molar-refractivity contribution in [3.05, 3.63) is 71.5 Å². The van der Waals surface area contributed by atoms with Crippen molar-refractivity contribution in [3.63, 3.8) is 0 Å². The fourth-order valence-electron chi connectivity index (χ4n) is 3.08. The van der Waals surface area contributed by atoms with Crippen LogP contribution in [-0.4, -0.2) is 20.7 Å². The Morgan fingerprint density at radius 2 is 1.82 bits per heavy atom. The molecule has 1 heterocycles. The van der Waals surface area contributed by atoms with E-state index in [0.29, 0.717) is 17.5 Å². The van der Waals surface area contributed by atoms with Crippen LogP contribution in [0.3, 0.4) is 0 Å². The van der Waals surface area contributed by atoms with E-state index in [1.165, 1.54) is 12.8 Å². The lowest BCUT2D eigenvalue weighted by atomic mass is 10.1. The number of benzene rings is 2. The van der Waals surface area contributed by atoms with E-state index in [1.807, 2.05) is 54.6 Å². The van der Waals surface area contributed by atoms with Crippen LogP contribution in [0.1, 0.15) is 60.4 Å². The van der Waals surface area contributed by atoms with Crippen LogP contribution in [0, 0.1) is 0 Å². The number of rotatable bonds is 7. The van der Waals surface area contributed by atoms with Crippen LogP contribution in [0.25, 0.3) is 0 Å². The van der Waals surface area contributed by atoms with E-state index in [2.05, 4.69) is 33.9 Å². The summed E-state index contributed by atoms with van der Waals surface area (Å²) in [4.78, 5) is 12.4. The quantitative estimate of drug-likeness (QED) is 0.556. The van der Waals surface area contributed by atoms with E-state index in [1.54, 1.807) is 11.8 Å². The van der Waals surface area contributed by atoms with Crippen LogP contribution in [0.15, 0.2) is 59.8 Å². The lowest BCUT2D eigenvalue weighted by Crippen LogP contribution is -2.11. The zero-order valence-electron chi connectivity index (χ0n) is 16.1. The maximum absolute atomic E-state index is 12.4. The molecule has 1 saturated carbocycles. The standard InChI is InChI=1S/C22H24N4OS/c1-15(2)20-24-25-22(26(20)19-12-13-19)28-14-16-8-10-17(11-9-16)21(27)23-18-6-4-3-5-7-18/h3-11,15,19H,12-14H2,1-2H3,(H,23,27). The van der Waals surface area contributed by atoms with E-state index in [4.69, 9.17) is 0 Å². The van der Waals surface area contributed by atoms with E-state index in [9.17, 15) is 4.79 Å². The minimum absolute atomic E-state index is 0.0968. The van der Waals surface area contributed by atoms with Gasteiger partial charge in [0.15, 0.2) is 5.16 Å². The average Bonchev–Trinajstić information content (AvgIpc) is 3.46. The first-order chi connectivity index (χ1) is 13.6. The Hall–Kier alpha value is -2.60. The molecule has 0 bridgehead atoms. The van der Waals surface area contributed by atoms with Crippen LogP contribution >= 0.6 is 11.8 Å². The second kappa shape index (κ2) is 8.19. The number of thioether (sulfide) groups is 1. The van der Waals surface area contributed by atoms with E-state index < -0.39 is 0 Å². The number of hydrogen-bond acceptors (Lipinski definition) is 4. The van der Waals surface area contributed by atoms with Crippen molar-refractivity contribution in [2.45, 2.75) is 49.6 Å². The Morgan fingerprint density at radius 3 is 2.46 bits per heavy atom. The number of carbonyl (C=O) groups excluding carboxylic acids is 1. The third-order valence-corrected chi connectivity index (χ3v) is 5.75. The number of para-hydroxylation sites is 1. The lowest BCUT2D eigenvalue weighted by molar-refractivity contribution is 0.102. The highest BCUT2D eigenvalue weighted by molar-refractivity contribution is 7.98. The normalized spacial score (nSPS) is 13.7. The predicted octanol–water partition coefficient (Wildman–Crippen LogP) is 5.28. The Balaban J connectivity index is 1.39. The summed E-state index contributed by atoms with van der Waals surface area (Å²) < 4.78 is 2.32. The SMILES string of the molecule is CC(C)c1nnc(SCc2ccc(C(=O)Nc3ccccc3)cc2)n1C1CC1. The molecular weight excluding hydrogens is 368 g/mol. The van der Waals surface area contributed by atoms with E-state index >= 15 is 0 Å². The molecule has 0 saturated heterocycles. The van der Waals surface area contributed by atoms with Gasteiger partial charge in [-0.15, -0.1) is 10.2 Å². The summed E-state index contributed by atoms with van der Waals surface area (Å²) in [5.74, 6) is 2.17. The summed E-state index contributed by atoms with van der Waals surface area (Å²) in [6, 6.07) is 17.8. The summed E-state index contributed by atoms with van der Waals surface area (Å²) >= 11 is 1.71. The molecule has 1 aromatic heterocycles. The third kappa shape index (κ3) is 4.28. The van der Waals surface area contributed by atoms with Crippen molar-refractivity contribution in [1.29, 1.82) is 0 Å². The number of amides is 1. The molecule has 1 fully saturated rings. The molecule has 28 heavy (non-hydrogen) atoms. The maximum atomic E-state index is 12.4. The van der Waals surface area contributed by atoms with Crippen molar-refractivity contribution in [2.24, 2.45) is 0 Å². The molecule has 2 aromatic carbocycles. The second-order valence-corrected chi connectivity index (χ2v) is 8.34.